The van der Waals surface area contributed by atoms with E-state index in [1.54, 1.807) is 0 Å². The summed E-state index contributed by atoms with van der Waals surface area (Å²) >= 11 is 0. The van der Waals surface area contributed by atoms with E-state index in [-0.39, 0.29) is 17.6 Å². The summed E-state index contributed by atoms with van der Waals surface area (Å²) in [6.07, 6.45) is 3.65. The highest BCUT2D eigenvalue weighted by atomic mass is 16.5. The Hall–Kier alpha value is -1.38. The SMILES string of the molecule is CCNC(=NCC1(N(C)C)CCOCC1)N1CCN(C(=O)C2CCCO2)CC1. The van der Waals surface area contributed by atoms with E-state index in [2.05, 4.69) is 36.1 Å². The molecule has 1 unspecified atom stereocenters. The maximum Gasteiger partial charge on any atom is 0.251 e. The number of amides is 1. The minimum absolute atomic E-state index is 0.0660. The fraction of sp³-hybridized carbons (Fsp3) is 0.900. The van der Waals surface area contributed by atoms with Gasteiger partial charge in [0.2, 0.25) is 0 Å². The molecule has 0 spiro atoms. The van der Waals surface area contributed by atoms with Gasteiger partial charge in [-0.2, -0.15) is 0 Å². The molecule has 0 bridgehead atoms. The molecule has 0 radical (unpaired) electrons. The van der Waals surface area contributed by atoms with E-state index in [0.717, 1.165) is 84.1 Å². The minimum Gasteiger partial charge on any atom is -0.381 e. The number of rotatable bonds is 5. The van der Waals surface area contributed by atoms with E-state index in [1.165, 1.54) is 0 Å². The van der Waals surface area contributed by atoms with Gasteiger partial charge in [0.25, 0.3) is 5.91 Å². The molecule has 0 aromatic rings. The zero-order valence-electron chi connectivity index (χ0n) is 17.8. The molecule has 0 aliphatic carbocycles. The largest absolute Gasteiger partial charge is 0.381 e. The van der Waals surface area contributed by atoms with Crippen molar-refractivity contribution in [3.8, 4) is 0 Å². The van der Waals surface area contributed by atoms with Crippen molar-refractivity contribution in [3.63, 3.8) is 0 Å². The summed E-state index contributed by atoms with van der Waals surface area (Å²) in [6, 6.07) is 0. The van der Waals surface area contributed by atoms with Crippen molar-refractivity contribution in [2.24, 2.45) is 4.99 Å². The predicted octanol–water partition coefficient (Wildman–Crippen LogP) is 0.386. The number of carbonyl (C=O) groups excluding carboxylic acids is 1. The van der Waals surface area contributed by atoms with Gasteiger partial charge in [-0.1, -0.05) is 0 Å². The first kappa shape index (κ1) is 21.3. The molecule has 1 amide bonds. The Kier molecular flexibility index (Phi) is 7.54. The Bertz CT molecular complexity index is 534. The zero-order chi connectivity index (χ0) is 20.0. The van der Waals surface area contributed by atoms with Gasteiger partial charge in [-0.3, -0.25) is 9.79 Å². The van der Waals surface area contributed by atoms with Gasteiger partial charge in [-0.15, -0.1) is 0 Å². The van der Waals surface area contributed by atoms with Crippen molar-refractivity contribution in [1.82, 2.24) is 20.0 Å². The Morgan fingerprint density at radius 3 is 2.39 bits per heavy atom. The molecule has 3 heterocycles. The highest BCUT2D eigenvalue weighted by Gasteiger charge is 2.35. The highest BCUT2D eigenvalue weighted by molar-refractivity contribution is 5.82. The predicted molar refractivity (Wildman–Crippen MR) is 110 cm³/mol. The molecule has 0 aromatic heterocycles. The Morgan fingerprint density at radius 1 is 1.14 bits per heavy atom. The maximum absolute atomic E-state index is 12.6. The second-order valence-electron chi connectivity index (χ2n) is 8.22. The second-order valence-corrected chi connectivity index (χ2v) is 8.22. The molecular weight excluding hydrogens is 358 g/mol. The fourth-order valence-corrected chi connectivity index (χ4v) is 4.26. The van der Waals surface area contributed by atoms with Crippen molar-refractivity contribution < 1.29 is 14.3 Å². The van der Waals surface area contributed by atoms with E-state index in [0.29, 0.717) is 6.61 Å². The molecule has 28 heavy (non-hydrogen) atoms. The normalized spacial score (nSPS) is 26.0. The third-order valence-electron chi connectivity index (χ3n) is 6.33. The van der Waals surface area contributed by atoms with E-state index in [1.807, 2.05) is 4.90 Å². The number of aliphatic imine (C=N–C) groups is 1. The molecule has 1 atom stereocenters. The van der Waals surface area contributed by atoms with Gasteiger partial charge >= 0.3 is 0 Å². The van der Waals surface area contributed by atoms with Crippen molar-refractivity contribution in [2.45, 2.75) is 44.2 Å². The topological polar surface area (TPSA) is 69.6 Å². The van der Waals surface area contributed by atoms with E-state index in [9.17, 15) is 4.79 Å². The standard InChI is InChI=1S/C20H37N5O3/c1-4-21-19(22-16-20(23(2)3)7-14-27-15-8-20)25-11-9-24(10-12-25)18(26)17-6-5-13-28-17/h17H,4-16H2,1-3H3,(H,21,22). The van der Waals surface area contributed by atoms with Crippen molar-refractivity contribution in [3.05, 3.63) is 0 Å². The number of likely N-dealkylation sites (N-methyl/N-ethyl adjacent to an activating group) is 1. The zero-order valence-corrected chi connectivity index (χ0v) is 17.8. The van der Waals surface area contributed by atoms with Crippen LogP contribution in [-0.2, 0) is 14.3 Å². The molecule has 3 aliphatic rings. The van der Waals surface area contributed by atoms with Gasteiger partial charge in [0, 0.05) is 58.1 Å². The van der Waals surface area contributed by atoms with Crippen molar-refractivity contribution >= 4 is 11.9 Å². The molecule has 3 fully saturated rings. The van der Waals surface area contributed by atoms with Crippen LogP contribution in [0.4, 0.5) is 0 Å². The average Bonchev–Trinajstić information content (AvgIpc) is 3.26. The monoisotopic (exact) mass is 395 g/mol. The Labute approximate surface area is 169 Å². The van der Waals surface area contributed by atoms with Crippen LogP contribution in [0.3, 0.4) is 0 Å². The van der Waals surface area contributed by atoms with E-state index in [4.69, 9.17) is 14.5 Å². The molecule has 1 N–H and O–H groups in total. The molecule has 8 nitrogen and oxygen atoms in total. The molecule has 0 saturated carbocycles. The van der Waals surface area contributed by atoms with Crippen LogP contribution in [0.1, 0.15) is 32.6 Å². The first-order chi connectivity index (χ1) is 13.6. The Balaban J connectivity index is 1.59. The van der Waals surface area contributed by atoms with Gasteiger partial charge in [0.1, 0.15) is 6.10 Å². The number of carbonyl (C=O) groups is 1. The van der Waals surface area contributed by atoms with Crippen LogP contribution in [0.5, 0.6) is 0 Å². The van der Waals surface area contributed by atoms with Crippen molar-refractivity contribution in [2.75, 3.05) is 73.2 Å². The molecule has 0 aromatic carbocycles. The first-order valence-electron chi connectivity index (χ1n) is 10.7. The van der Waals surface area contributed by atoms with Gasteiger partial charge in [0.15, 0.2) is 5.96 Å². The fourth-order valence-electron chi connectivity index (χ4n) is 4.26. The lowest BCUT2D eigenvalue weighted by molar-refractivity contribution is -0.142. The molecule has 8 heteroatoms. The van der Waals surface area contributed by atoms with Crippen LogP contribution in [0.25, 0.3) is 0 Å². The number of guanidine groups is 1. The number of nitrogens with one attached hydrogen (secondary N) is 1. The molecule has 3 saturated heterocycles. The molecule has 3 aliphatic heterocycles. The van der Waals surface area contributed by atoms with Crippen LogP contribution in [0, 0.1) is 0 Å². The van der Waals surface area contributed by atoms with Crippen LogP contribution in [0.15, 0.2) is 4.99 Å². The molecule has 160 valence electrons. The lowest BCUT2D eigenvalue weighted by Gasteiger charge is -2.42. The van der Waals surface area contributed by atoms with Crippen LogP contribution < -0.4 is 5.32 Å². The summed E-state index contributed by atoms with van der Waals surface area (Å²) in [5.41, 5.74) is 0.0660. The average molecular weight is 396 g/mol. The lowest BCUT2D eigenvalue weighted by Crippen LogP contribution is -2.56. The smallest absolute Gasteiger partial charge is 0.251 e. The number of ether oxygens (including phenoxy) is 2. The third-order valence-corrected chi connectivity index (χ3v) is 6.33. The number of hydrogen-bond donors (Lipinski definition) is 1. The van der Waals surface area contributed by atoms with E-state index < -0.39 is 0 Å². The maximum atomic E-state index is 12.6. The first-order valence-corrected chi connectivity index (χ1v) is 10.7. The van der Waals surface area contributed by atoms with Gasteiger partial charge in [-0.05, 0) is 46.7 Å². The number of nitrogens with zero attached hydrogens (tertiary/aromatic N) is 4. The van der Waals surface area contributed by atoms with Gasteiger partial charge in [0.05, 0.1) is 6.54 Å². The van der Waals surface area contributed by atoms with Crippen LogP contribution >= 0.6 is 0 Å². The van der Waals surface area contributed by atoms with Crippen LogP contribution in [0.2, 0.25) is 0 Å². The quantitative estimate of drug-likeness (QED) is 0.536. The van der Waals surface area contributed by atoms with E-state index >= 15 is 0 Å². The number of hydrogen-bond acceptors (Lipinski definition) is 5. The Morgan fingerprint density at radius 2 is 1.82 bits per heavy atom. The molecular formula is C20H37N5O3. The third kappa shape index (κ3) is 4.96. The summed E-state index contributed by atoms with van der Waals surface area (Å²) in [4.78, 5) is 24.1. The second kappa shape index (κ2) is 9.89. The minimum atomic E-state index is -0.220. The summed E-state index contributed by atoms with van der Waals surface area (Å²) < 4.78 is 11.1. The summed E-state index contributed by atoms with van der Waals surface area (Å²) in [5, 5.41) is 3.45. The van der Waals surface area contributed by atoms with Crippen molar-refractivity contribution in [1.29, 1.82) is 0 Å². The highest BCUT2D eigenvalue weighted by Crippen LogP contribution is 2.26. The van der Waals surface area contributed by atoms with Gasteiger partial charge in [-0.25, -0.2) is 0 Å². The summed E-state index contributed by atoms with van der Waals surface area (Å²) in [5.74, 6) is 1.12. The van der Waals surface area contributed by atoms with Crippen LogP contribution in [-0.4, -0.2) is 111 Å². The lowest BCUT2D eigenvalue weighted by atomic mass is 9.89. The summed E-state index contributed by atoms with van der Waals surface area (Å²) in [7, 11) is 4.28. The van der Waals surface area contributed by atoms with Gasteiger partial charge < -0.3 is 29.5 Å². The molecule has 3 rings (SSSR count). The number of piperazine rings is 1. The summed E-state index contributed by atoms with van der Waals surface area (Å²) in [6.45, 7) is 9.10.